The van der Waals surface area contributed by atoms with Crippen molar-refractivity contribution in [2.24, 2.45) is 5.92 Å². The van der Waals surface area contributed by atoms with Gasteiger partial charge in [-0.15, -0.1) is 0 Å². The van der Waals surface area contributed by atoms with Crippen LogP contribution in [0.4, 0.5) is 5.82 Å². The van der Waals surface area contributed by atoms with Crippen LogP contribution in [0.15, 0.2) is 40.9 Å². The molecular weight excluding hydrogens is 306 g/mol. The Kier molecular flexibility index (Phi) is 4.93. The number of carbonyl (C=O) groups excluding carboxylic acids is 2. The van der Waals surface area contributed by atoms with E-state index in [-0.39, 0.29) is 24.2 Å². The van der Waals surface area contributed by atoms with Crippen molar-refractivity contribution in [2.75, 3.05) is 18.0 Å². The van der Waals surface area contributed by atoms with Crippen LogP contribution in [-0.4, -0.2) is 30.1 Å². The maximum atomic E-state index is 12.3. The van der Waals surface area contributed by atoms with Gasteiger partial charge in [0.1, 0.15) is 5.76 Å². The maximum Gasteiger partial charge on any atom is 0.229 e. The van der Waals surface area contributed by atoms with Gasteiger partial charge in [0.15, 0.2) is 5.82 Å². The number of hydrogen-bond acceptors (Lipinski definition) is 4. The summed E-state index contributed by atoms with van der Waals surface area (Å²) in [4.78, 5) is 25.8. The number of amides is 2. The molecule has 126 valence electrons. The van der Waals surface area contributed by atoms with Crippen molar-refractivity contribution < 1.29 is 14.1 Å². The molecule has 1 saturated heterocycles. The second kappa shape index (κ2) is 7.29. The first kappa shape index (κ1) is 16.2. The summed E-state index contributed by atoms with van der Waals surface area (Å²) in [5, 5.41) is 6.78. The SMILES string of the molecule is Cc1cc(N2CC(C(=O)NCCCc3ccccc3)CC2=O)no1. The fourth-order valence-corrected chi connectivity index (χ4v) is 2.88. The Morgan fingerprint density at radius 1 is 1.38 bits per heavy atom. The predicted octanol–water partition coefficient (Wildman–Crippen LogP) is 2.08. The van der Waals surface area contributed by atoms with Crippen molar-refractivity contribution >= 4 is 17.6 Å². The van der Waals surface area contributed by atoms with Gasteiger partial charge in [-0.25, -0.2) is 0 Å². The second-order valence-corrected chi connectivity index (χ2v) is 6.08. The number of hydrogen-bond donors (Lipinski definition) is 1. The normalized spacial score (nSPS) is 17.3. The van der Waals surface area contributed by atoms with E-state index in [1.807, 2.05) is 18.2 Å². The van der Waals surface area contributed by atoms with E-state index in [2.05, 4.69) is 22.6 Å². The van der Waals surface area contributed by atoms with Gasteiger partial charge in [0.05, 0.1) is 5.92 Å². The Morgan fingerprint density at radius 3 is 2.88 bits per heavy atom. The van der Waals surface area contributed by atoms with Crippen molar-refractivity contribution in [1.82, 2.24) is 10.5 Å². The van der Waals surface area contributed by atoms with E-state index in [1.165, 1.54) is 10.5 Å². The monoisotopic (exact) mass is 327 g/mol. The Hall–Kier alpha value is -2.63. The van der Waals surface area contributed by atoms with Crippen molar-refractivity contribution in [2.45, 2.75) is 26.2 Å². The summed E-state index contributed by atoms with van der Waals surface area (Å²) in [5.74, 6) is 0.640. The molecule has 1 aromatic carbocycles. The van der Waals surface area contributed by atoms with E-state index < -0.39 is 0 Å². The minimum absolute atomic E-state index is 0.0703. The molecule has 0 bridgehead atoms. The Bertz CT molecular complexity index is 711. The lowest BCUT2D eigenvalue weighted by Crippen LogP contribution is -2.33. The average Bonchev–Trinajstić information content (AvgIpc) is 3.18. The number of rotatable bonds is 6. The molecule has 0 spiro atoms. The molecule has 3 rings (SSSR count). The van der Waals surface area contributed by atoms with Crippen molar-refractivity contribution in [1.29, 1.82) is 0 Å². The predicted molar refractivity (Wildman–Crippen MR) is 89.5 cm³/mol. The molecule has 6 heteroatoms. The van der Waals surface area contributed by atoms with Gasteiger partial charge in [-0.1, -0.05) is 35.5 Å². The summed E-state index contributed by atoms with van der Waals surface area (Å²) >= 11 is 0. The zero-order valence-corrected chi connectivity index (χ0v) is 13.7. The molecule has 0 radical (unpaired) electrons. The summed E-state index contributed by atoms with van der Waals surface area (Å²) in [6, 6.07) is 11.9. The highest BCUT2D eigenvalue weighted by Crippen LogP contribution is 2.24. The largest absolute Gasteiger partial charge is 0.360 e. The van der Waals surface area contributed by atoms with Crippen LogP contribution in [0.3, 0.4) is 0 Å². The number of benzene rings is 1. The van der Waals surface area contributed by atoms with Crippen LogP contribution in [-0.2, 0) is 16.0 Å². The molecule has 1 N–H and O–H groups in total. The highest BCUT2D eigenvalue weighted by atomic mass is 16.5. The van der Waals surface area contributed by atoms with Crippen LogP contribution in [0, 0.1) is 12.8 Å². The fourth-order valence-electron chi connectivity index (χ4n) is 2.88. The van der Waals surface area contributed by atoms with E-state index >= 15 is 0 Å². The summed E-state index contributed by atoms with van der Waals surface area (Å²) in [5.41, 5.74) is 1.26. The van der Waals surface area contributed by atoms with E-state index in [4.69, 9.17) is 4.52 Å². The highest BCUT2D eigenvalue weighted by Gasteiger charge is 2.36. The topological polar surface area (TPSA) is 75.4 Å². The molecule has 1 unspecified atom stereocenters. The van der Waals surface area contributed by atoms with E-state index in [1.54, 1.807) is 13.0 Å². The van der Waals surface area contributed by atoms with E-state index in [9.17, 15) is 9.59 Å². The van der Waals surface area contributed by atoms with Gasteiger partial charge in [0.25, 0.3) is 0 Å². The molecule has 2 heterocycles. The quantitative estimate of drug-likeness (QED) is 0.824. The molecule has 2 amide bonds. The highest BCUT2D eigenvalue weighted by molar-refractivity contribution is 5.99. The minimum atomic E-state index is -0.328. The van der Waals surface area contributed by atoms with Crippen LogP contribution in [0.5, 0.6) is 0 Å². The number of nitrogens with zero attached hydrogens (tertiary/aromatic N) is 2. The molecule has 1 fully saturated rings. The van der Waals surface area contributed by atoms with Crippen LogP contribution in [0.1, 0.15) is 24.2 Å². The molecule has 2 aromatic rings. The van der Waals surface area contributed by atoms with Gasteiger partial charge in [-0.3, -0.25) is 14.5 Å². The first-order chi connectivity index (χ1) is 11.6. The molecule has 1 aromatic heterocycles. The van der Waals surface area contributed by atoms with Gasteiger partial charge in [-0.05, 0) is 25.3 Å². The third-order valence-corrected chi connectivity index (χ3v) is 4.17. The molecule has 0 saturated carbocycles. The van der Waals surface area contributed by atoms with Gasteiger partial charge >= 0.3 is 0 Å². The molecule has 1 aliphatic rings. The van der Waals surface area contributed by atoms with E-state index in [0.29, 0.717) is 24.7 Å². The van der Waals surface area contributed by atoms with Crippen molar-refractivity contribution in [3.05, 3.63) is 47.7 Å². The number of aromatic nitrogens is 1. The van der Waals surface area contributed by atoms with Gasteiger partial charge < -0.3 is 9.84 Å². The van der Waals surface area contributed by atoms with Crippen LogP contribution >= 0.6 is 0 Å². The van der Waals surface area contributed by atoms with Crippen molar-refractivity contribution in [3.8, 4) is 0 Å². The minimum Gasteiger partial charge on any atom is -0.360 e. The number of aryl methyl sites for hydroxylation is 2. The summed E-state index contributed by atoms with van der Waals surface area (Å²) < 4.78 is 5.00. The third-order valence-electron chi connectivity index (χ3n) is 4.17. The fraction of sp³-hybridized carbons (Fsp3) is 0.389. The average molecular weight is 327 g/mol. The lowest BCUT2D eigenvalue weighted by Gasteiger charge is -2.13. The molecular formula is C18H21N3O3. The van der Waals surface area contributed by atoms with E-state index in [0.717, 1.165) is 12.8 Å². The zero-order chi connectivity index (χ0) is 16.9. The molecule has 1 atom stereocenters. The second-order valence-electron chi connectivity index (χ2n) is 6.08. The zero-order valence-electron chi connectivity index (χ0n) is 13.7. The van der Waals surface area contributed by atoms with Gasteiger partial charge in [-0.2, -0.15) is 0 Å². The van der Waals surface area contributed by atoms with Gasteiger partial charge in [0, 0.05) is 25.6 Å². The summed E-state index contributed by atoms with van der Waals surface area (Å²) in [6.07, 6.45) is 2.02. The number of anilines is 1. The lowest BCUT2D eigenvalue weighted by atomic mass is 10.1. The molecule has 24 heavy (non-hydrogen) atoms. The van der Waals surface area contributed by atoms with Gasteiger partial charge in [0.2, 0.25) is 11.8 Å². The van der Waals surface area contributed by atoms with Crippen LogP contribution in [0.2, 0.25) is 0 Å². The lowest BCUT2D eigenvalue weighted by molar-refractivity contribution is -0.126. The third kappa shape index (κ3) is 3.82. The Balaban J connectivity index is 1.45. The molecule has 0 aliphatic carbocycles. The maximum absolute atomic E-state index is 12.3. The summed E-state index contributed by atoms with van der Waals surface area (Å²) in [6.45, 7) is 2.74. The van der Waals surface area contributed by atoms with Crippen LogP contribution < -0.4 is 10.2 Å². The Labute approximate surface area is 140 Å². The summed E-state index contributed by atoms with van der Waals surface area (Å²) in [7, 11) is 0. The molecule has 1 aliphatic heterocycles. The van der Waals surface area contributed by atoms with Crippen LogP contribution in [0.25, 0.3) is 0 Å². The van der Waals surface area contributed by atoms with Crippen molar-refractivity contribution in [3.63, 3.8) is 0 Å². The first-order valence-corrected chi connectivity index (χ1v) is 8.19. The number of carbonyl (C=O) groups is 2. The number of nitrogens with one attached hydrogen (secondary N) is 1. The first-order valence-electron chi connectivity index (χ1n) is 8.19. The smallest absolute Gasteiger partial charge is 0.229 e. The standard InChI is InChI=1S/C18H21N3O3/c1-13-10-16(20-24-13)21-12-15(11-17(21)22)18(23)19-9-5-8-14-6-3-2-4-7-14/h2-4,6-7,10,15H,5,8-9,11-12H2,1H3,(H,19,23). The molecule has 6 nitrogen and oxygen atoms in total. The Morgan fingerprint density at radius 2 is 2.17 bits per heavy atom.